The molecule has 0 saturated heterocycles. The summed E-state index contributed by atoms with van der Waals surface area (Å²) in [5, 5.41) is 14.3. The molecule has 0 aromatic heterocycles. The summed E-state index contributed by atoms with van der Waals surface area (Å²) in [4.78, 5) is 11.6. The monoisotopic (exact) mass is 286 g/mol. The Morgan fingerprint density at radius 3 is 1.33 bits per heavy atom. The molecule has 0 bridgehead atoms. The van der Waals surface area contributed by atoms with E-state index in [-0.39, 0.29) is 59.1 Å². The summed E-state index contributed by atoms with van der Waals surface area (Å²) in [6.07, 6.45) is -1.69. The Bertz CT molecular complexity index is 175. The Morgan fingerprint density at radius 1 is 1.25 bits per heavy atom. The molecule has 0 aromatic carbocycles. The van der Waals surface area contributed by atoms with Gasteiger partial charge in [-0.3, -0.25) is 4.89 Å². The fourth-order valence-electron chi connectivity index (χ4n) is 0. The Kier molecular flexibility index (Phi) is 24.2. The van der Waals surface area contributed by atoms with Crippen LogP contribution in [0, 0.1) is 0 Å². The molecule has 0 aliphatic heterocycles. The van der Waals surface area contributed by atoms with Crippen LogP contribution in [0.2, 0.25) is 0 Å². The second-order valence-electron chi connectivity index (χ2n) is 0.765. The predicted octanol–water partition coefficient (Wildman–Crippen LogP) is -8.46. The Balaban J connectivity index is -0.0000000457. The van der Waals surface area contributed by atoms with Crippen LogP contribution in [0.1, 0.15) is 0 Å². The van der Waals surface area contributed by atoms with Gasteiger partial charge >= 0.3 is 96.3 Å². The van der Waals surface area contributed by atoms with Crippen LogP contribution in [0.3, 0.4) is 0 Å². The minimum absolute atomic E-state index is 0. The summed E-state index contributed by atoms with van der Waals surface area (Å²) in [5.74, 6) is 0. The topological polar surface area (TPSA) is 147 Å². The van der Waals surface area contributed by atoms with Crippen molar-refractivity contribution >= 4 is 6.16 Å². The summed E-state index contributed by atoms with van der Waals surface area (Å²) >= 11 is -6.02. The van der Waals surface area contributed by atoms with E-state index in [1.807, 2.05) is 0 Å². The first-order valence-corrected chi connectivity index (χ1v) is 4.76. The molecule has 2 N–H and O–H groups in total. The Labute approximate surface area is 115 Å². The number of carboxylic acid groups (broad SMARTS) is 1. The van der Waals surface area contributed by atoms with Gasteiger partial charge in [0.1, 0.15) is 0 Å². The van der Waals surface area contributed by atoms with E-state index in [0.717, 1.165) is 0 Å². The third-order valence-electron chi connectivity index (χ3n) is 0.0781. The molecule has 0 atom stereocenters. The van der Waals surface area contributed by atoms with Gasteiger partial charge in [-0.15, -0.1) is 0 Å². The molecule has 0 fully saturated rings. The van der Waals surface area contributed by atoms with Crippen molar-refractivity contribution in [2.45, 2.75) is 0 Å². The molecule has 8 nitrogen and oxygen atoms in total. The number of rotatable bonds is 0. The van der Waals surface area contributed by atoms with E-state index in [1.165, 1.54) is 0 Å². The molecular weight excluding hydrogens is 282 g/mol. The molecule has 11 heteroatoms. The summed E-state index contributed by atoms with van der Waals surface area (Å²) in [7, 11) is 0. The molecule has 0 rings (SSSR count). The van der Waals surface area contributed by atoms with Crippen LogP contribution in [0.15, 0.2) is 0 Å². The number of carbonyl (C=O) groups is 1. The minimum atomic E-state index is -6.02. The summed E-state index contributed by atoms with van der Waals surface area (Å²) < 4.78 is 34.5. The number of hydrogen-bond acceptors (Lipinski definition) is 7. The Hall–Kier alpha value is 1.44. The molecular formula is CH2MoNa2O8. The van der Waals surface area contributed by atoms with E-state index in [2.05, 4.69) is 4.89 Å². The van der Waals surface area contributed by atoms with Gasteiger partial charge in [-0.2, -0.15) is 5.26 Å². The Morgan fingerprint density at radius 2 is 1.33 bits per heavy atom. The van der Waals surface area contributed by atoms with Gasteiger partial charge in [0.25, 0.3) is 0 Å². The van der Waals surface area contributed by atoms with Crippen molar-refractivity contribution in [3.63, 3.8) is 0 Å². The van der Waals surface area contributed by atoms with Gasteiger partial charge in [0.15, 0.2) is 0 Å². The van der Waals surface area contributed by atoms with E-state index in [9.17, 15) is 0 Å². The van der Waals surface area contributed by atoms with Crippen molar-refractivity contribution < 1.29 is 110 Å². The molecule has 0 radical (unpaired) electrons. The predicted molar refractivity (Wildman–Crippen MR) is 13.1 cm³/mol. The number of hydrogen-bond donors (Lipinski definition) is 2. The van der Waals surface area contributed by atoms with Gasteiger partial charge in [0.05, 0.1) is 0 Å². The summed E-state index contributed by atoms with van der Waals surface area (Å²) in [6, 6.07) is 0. The van der Waals surface area contributed by atoms with E-state index in [4.69, 9.17) is 29.5 Å². The van der Waals surface area contributed by atoms with Gasteiger partial charge in [0, 0.05) is 0 Å². The van der Waals surface area contributed by atoms with Crippen LogP contribution in [0.25, 0.3) is 0 Å². The standard InChI is InChI=1S/CH2O4.Mo.2Na.4O/c2-1(3)5-4;;;;;;;/h4H,(H,2,3);;;;;;;/q;;2*+1;;;2*-1. The molecule has 0 heterocycles. The van der Waals surface area contributed by atoms with E-state index < -0.39 is 22.9 Å². The third kappa shape index (κ3) is 105. The van der Waals surface area contributed by atoms with Gasteiger partial charge in [-0.05, 0) is 0 Å². The first-order chi connectivity index (χ1) is 4.27. The maximum atomic E-state index is 8.90. The zero-order valence-electron chi connectivity index (χ0n) is 6.25. The molecule has 0 amide bonds. The van der Waals surface area contributed by atoms with Crippen LogP contribution in [0.5, 0.6) is 0 Å². The molecule has 0 aromatic rings. The normalized spacial score (nSPS) is 7.58. The second kappa shape index (κ2) is 12.4. The van der Waals surface area contributed by atoms with Gasteiger partial charge in [-0.25, -0.2) is 4.79 Å². The van der Waals surface area contributed by atoms with Crippen LogP contribution in [-0.2, 0) is 28.4 Å². The van der Waals surface area contributed by atoms with Crippen molar-refractivity contribution in [1.29, 1.82) is 0 Å². The summed E-state index contributed by atoms with van der Waals surface area (Å²) in [6.45, 7) is 0. The van der Waals surface area contributed by atoms with Gasteiger partial charge < -0.3 is 5.11 Å². The molecule has 0 saturated carbocycles. The maximum absolute atomic E-state index is 8.90. The first-order valence-electron chi connectivity index (χ1n) is 1.48. The zero-order valence-corrected chi connectivity index (χ0v) is 12.3. The molecule has 12 heavy (non-hydrogen) atoms. The fraction of sp³-hybridized carbons (Fsp3) is 0. The fourth-order valence-corrected chi connectivity index (χ4v) is 0. The van der Waals surface area contributed by atoms with Crippen molar-refractivity contribution in [2.75, 3.05) is 0 Å². The van der Waals surface area contributed by atoms with Crippen molar-refractivity contribution in [1.82, 2.24) is 0 Å². The van der Waals surface area contributed by atoms with Crippen molar-refractivity contribution in [3.05, 3.63) is 0 Å². The molecule has 0 spiro atoms. The van der Waals surface area contributed by atoms with Crippen LogP contribution >= 0.6 is 0 Å². The van der Waals surface area contributed by atoms with E-state index in [0.29, 0.717) is 0 Å². The molecule has 0 aliphatic carbocycles. The van der Waals surface area contributed by atoms with Gasteiger partial charge in [-0.1, -0.05) is 0 Å². The summed E-state index contributed by atoms with van der Waals surface area (Å²) in [5.41, 5.74) is 0. The SMILES string of the molecule is O=C(O)OO.[Na+].[Na+].[O]=[Mo](=[O])([O-])[O-]. The van der Waals surface area contributed by atoms with Crippen LogP contribution in [0.4, 0.5) is 4.79 Å². The van der Waals surface area contributed by atoms with Gasteiger partial charge in [0.2, 0.25) is 0 Å². The average molecular weight is 284 g/mol. The first kappa shape index (κ1) is 23.3. The quantitative estimate of drug-likeness (QED) is 0.253. The molecule has 0 unspecified atom stereocenters. The van der Waals surface area contributed by atoms with E-state index >= 15 is 0 Å². The molecule has 0 aliphatic rings. The zero-order chi connectivity index (χ0) is 8.78. The van der Waals surface area contributed by atoms with Crippen molar-refractivity contribution in [3.8, 4) is 0 Å². The second-order valence-corrected chi connectivity index (χ2v) is 2.77. The molecule has 62 valence electrons. The van der Waals surface area contributed by atoms with Crippen LogP contribution in [-0.4, -0.2) is 16.5 Å². The van der Waals surface area contributed by atoms with Crippen LogP contribution < -0.4 is 66.6 Å². The van der Waals surface area contributed by atoms with E-state index in [1.54, 1.807) is 0 Å². The van der Waals surface area contributed by atoms with Crippen molar-refractivity contribution in [2.24, 2.45) is 0 Å². The third-order valence-corrected chi connectivity index (χ3v) is 0.0781. The average Bonchev–Trinajstić information content (AvgIpc) is 1.61.